The van der Waals surface area contributed by atoms with Gasteiger partial charge in [0.05, 0.1) is 18.4 Å². The van der Waals surface area contributed by atoms with E-state index in [-0.39, 0.29) is 11.4 Å². The van der Waals surface area contributed by atoms with Crippen molar-refractivity contribution < 1.29 is 9.13 Å². The van der Waals surface area contributed by atoms with Crippen molar-refractivity contribution in [2.45, 2.75) is 0 Å². The van der Waals surface area contributed by atoms with Crippen LogP contribution < -0.4 is 15.0 Å². The quantitative estimate of drug-likeness (QED) is 0.834. The predicted molar refractivity (Wildman–Crippen MR) is 62.7 cm³/mol. The van der Waals surface area contributed by atoms with Crippen LogP contribution in [-0.4, -0.2) is 33.3 Å². The molecule has 1 fully saturated rings. The minimum Gasteiger partial charge on any atom is -0.495 e. The minimum absolute atomic E-state index is 0.226. The highest BCUT2D eigenvalue weighted by Crippen LogP contribution is 2.28. The monoisotopic (exact) mass is 235 g/mol. The molecule has 1 saturated heterocycles. The maximum atomic E-state index is 13.9. The first-order chi connectivity index (χ1) is 8.26. The van der Waals surface area contributed by atoms with E-state index in [0.29, 0.717) is 11.4 Å². The number of nitrogens with zero attached hydrogens (tertiary/aromatic N) is 2. The second kappa shape index (κ2) is 5.02. The third-order valence-corrected chi connectivity index (χ3v) is 2.85. The smallest absolute Gasteiger partial charge is 0.148 e. The Morgan fingerprint density at radius 1 is 1.41 bits per heavy atom. The van der Waals surface area contributed by atoms with E-state index in [9.17, 15) is 4.39 Å². The molecule has 1 aliphatic rings. The molecule has 1 aliphatic heterocycles. The molecular weight excluding hydrogens is 221 g/mol. The molecule has 2 rings (SSSR count). The highest BCUT2D eigenvalue weighted by atomic mass is 19.1. The van der Waals surface area contributed by atoms with Crippen molar-refractivity contribution in [1.29, 1.82) is 5.26 Å². The summed E-state index contributed by atoms with van der Waals surface area (Å²) >= 11 is 0. The summed E-state index contributed by atoms with van der Waals surface area (Å²) in [5.41, 5.74) is 0.728. The van der Waals surface area contributed by atoms with Crippen LogP contribution in [0.5, 0.6) is 5.75 Å². The standard InChI is InChI=1S/C12H14FN3O/c1-17-12-7-11(10(13)6-9(12)8-14)16-4-2-15-3-5-16/h6-7,15H,2-5H2,1H3. The van der Waals surface area contributed by atoms with Crippen molar-refractivity contribution in [3.63, 3.8) is 0 Å². The fraction of sp³-hybridized carbons (Fsp3) is 0.417. The van der Waals surface area contributed by atoms with Crippen LogP contribution >= 0.6 is 0 Å². The van der Waals surface area contributed by atoms with Crippen LogP contribution in [0.25, 0.3) is 0 Å². The lowest BCUT2D eigenvalue weighted by molar-refractivity contribution is 0.412. The number of ether oxygens (including phenoxy) is 1. The van der Waals surface area contributed by atoms with Crippen molar-refractivity contribution in [3.05, 3.63) is 23.5 Å². The Morgan fingerprint density at radius 2 is 2.12 bits per heavy atom. The van der Waals surface area contributed by atoms with Gasteiger partial charge >= 0.3 is 0 Å². The molecule has 90 valence electrons. The van der Waals surface area contributed by atoms with Crippen molar-refractivity contribution in [3.8, 4) is 11.8 Å². The molecule has 1 N–H and O–H groups in total. The number of rotatable bonds is 2. The highest BCUT2D eigenvalue weighted by Gasteiger charge is 2.17. The SMILES string of the molecule is COc1cc(N2CCNCC2)c(F)cc1C#N. The summed E-state index contributed by atoms with van der Waals surface area (Å²) in [5.74, 6) is 0.0479. The van der Waals surface area contributed by atoms with E-state index >= 15 is 0 Å². The maximum Gasteiger partial charge on any atom is 0.148 e. The lowest BCUT2D eigenvalue weighted by Crippen LogP contribution is -2.43. The first-order valence-electron chi connectivity index (χ1n) is 5.49. The summed E-state index contributed by atoms with van der Waals surface area (Å²) in [6.45, 7) is 3.18. The molecule has 0 unspecified atom stereocenters. The molecular formula is C12H14FN3O. The van der Waals surface area contributed by atoms with Gasteiger partial charge in [-0.25, -0.2) is 4.39 Å². The summed E-state index contributed by atoms with van der Waals surface area (Å²) < 4.78 is 19.0. The number of halogens is 1. The molecule has 0 aromatic heterocycles. The first kappa shape index (κ1) is 11.7. The third kappa shape index (κ3) is 2.32. The minimum atomic E-state index is -0.371. The zero-order valence-corrected chi connectivity index (χ0v) is 9.66. The Bertz CT molecular complexity index is 450. The van der Waals surface area contributed by atoms with Crippen LogP contribution in [0.4, 0.5) is 10.1 Å². The van der Waals surface area contributed by atoms with E-state index in [1.807, 2.05) is 11.0 Å². The fourth-order valence-electron chi connectivity index (χ4n) is 1.95. The van der Waals surface area contributed by atoms with Gasteiger partial charge in [-0.3, -0.25) is 0 Å². The van der Waals surface area contributed by atoms with Crippen LogP contribution in [0.15, 0.2) is 12.1 Å². The van der Waals surface area contributed by atoms with E-state index in [1.54, 1.807) is 6.07 Å². The number of anilines is 1. The van der Waals surface area contributed by atoms with Crippen LogP contribution in [0.2, 0.25) is 0 Å². The van der Waals surface area contributed by atoms with Gasteiger partial charge in [-0.05, 0) is 6.07 Å². The second-order valence-corrected chi connectivity index (χ2v) is 3.85. The average molecular weight is 235 g/mol. The van der Waals surface area contributed by atoms with Crippen LogP contribution in [0.3, 0.4) is 0 Å². The fourth-order valence-corrected chi connectivity index (χ4v) is 1.95. The number of nitrogens with one attached hydrogen (secondary N) is 1. The van der Waals surface area contributed by atoms with Gasteiger partial charge in [-0.2, -0.15) is 5.26 Å². The Kier molecular flexibility index (Phi) is 3.45. The largest absolute Gasteiger partial charge is 0.495 e. The summed E-state index contributed by atoms with van der Waals surface area (Å²) in [5, 5.41) is 12.1. The molecule has 0 saturated carbocycles. The third-order valence-electron chi connectivity index (χ3n) is 2.85. The molecule has 17 heavy (non-hydrogen) atoms. The van der Waals surface area contributed by atoms with Crippen molar-refractivity contribution in [1.82, 2.24) is 5.32 Å². The van der Waals surface area contributed by atoms with Gasteiger partial charge in [0.15, 0.2) is 0 Å². The molecule has 0 spiro atoms. The summed E-state index contributed by atoms with van der Waals surface area (Å²) in [7, 11) is 1.48. The summed E-state index contributed by atoms with van der Waals surface area (Å²) in [6.07, 6.45) is 0. The van der Waals surface area contributed by atoms with Crippen molar-refractivity contribution >= 4 is 5.69 Å². The normalized spacial score (nSPS) is 15.5. The van der Waals surface area contributed by atoms with E-state index < -0.39 is 0 Å². The van der Waals surface area contributed by atoms with Gasteiger partial charge in [0.25, 0.3) is 0 Å². The molecule has 1 heterocycles. The van der Waals surface area contributed by atoms with Gasteiger partial charge in [0.1, 0.15) is 17.6 Å². The number of methoxy groups -OCH3 is 1. The zero-order chi connectivity index (χ0) is 12.3. The summed E-state index contributed by atoms with van der Waals surface area (Å²) in [4.78, 5) is 1.95. The maximum absolute atomic E-state index is 13.9. The number of benzene rings is 1. The van der Waals surface area contributed by atoms with Gasteiger partial charge in [-0.15, -0.1) is 0 Å². The lowest BCUT2D eigenvalue weighted by atomic mass is 10.1. The number of hydrogen-bond acceptors (Lipinski definition) is 4. The number of nitriles is 1. The zero-order valence-electron chi connectivity index (χ0n) is 9.66. The Labute approximate surface area is 99.6 Å². The van der Waals surface area contributed by atoms with Gasteiger partial charge in [0.2, 0.25) is 0 Å². The van der Waals surface area contributed by atoms with E-state index in [4.69, 9.17) is 10.00 Å². The molecule has 0 aliphatic carbocycles. The molecule has 1 aromatic carbocycles. The molecule has 0 atom stereocenters. The number of piperazine rings is 1. The topological polar surface area (TPSA) is 48.3 Å². The Hall–Kier alpha value is -1.80. The Morgan fingerprint density at radius 3 is 2.71 bits per heavy atom. The van der Waals surface area contributed by atoms with Crippen LogP contribution in [0.1, 0.15) is 5.56 Å². The molecule has 4 nitrogen and oxygen atoms in total. The average Bonchev–Trinajstić information content (AvgIpc) is 2.39. The first-order valence-corrected chi connectivity index (χ1v) is 5.49. The Balaban J connectivity index is 2.36. The molecule has 5 heteroatoms. The molecule has 0 radical (unpaired) electrons. The van der Waals surface area contributed by atoms with Gasteiger partial charge in [0, 0.05) is 32.2 Å². The lowest BCUT2D eigenvalue weighted by Gasteiger charge is -2.30. The van der Waals surface area contributed by atoms with E-state index in [1.165, 1.54) is 13.2 Å². The van der Waals surface area contributed by atoms with Crippen LogP contribution in [0, 0.1) is 17.1 Å². The predicted octanol–water partition coefficient (Wildman–Crippen LogP) is 1.12. The summed E-state index contributed by atoms with van der Waals surface area (Å²) in [6, 6.07) is 4.75. The highest BCUT2D eigenvalue weighted by molar-refractivity contribution is 5.58. The van der Waals surface area contributed by atoms with E-state index in [2.05, 4.69) is 5.32 Å². The van der Waals surface area contributed by atoms with Crippen molar-refractivity contribution in [2.75, 3.05) is 38.2 Å². The molecule has 1 aromatic rings. The van der Waals surface area contributed by atoms with Crippen molar-refractivity contribution in [2.24, 2.45) is 0 Å². The van der Waals surface area contributed by atoms with Gasteiger partial charge < -0.3 is 15.0 Å². The van der Waals surface area contributed by atoms with Crippen LogP contribution in [-0.2, 0) is 0 Å². The molecule has 0 bridgehead atoms. The van der Waals surface area contributed by atoms with E-state index in [0.717, 1.165) is 26.2 Å². The number of hydrogen-bond donors (Lipinski definition) is 1. The second-order valence-electron chi connectivity index (χ2n) is 3.85. The molecule has 0 amide bonds. The van der Waals surface area contributed by atoms with Gasteiger partial charge in [-0.1, -0.05) is 0 Å².